The van der Waals surface area contributed by atoms with Crippen molar-refractivity contribution in [1.82, 2.24) is 4.98 Å². The third kappa shape index (κ3) is 9.37. The molecule has 0 radical (unpaired) electrons. The van der Waals surface area contributed by atoms with Crippen molar-refractivity contribution in [3.63, 3.8) is 0 Å². The second-order valence-electron chi connectivity index (χ2n) is 7.27. The molecule has 0 fully saturated rings. The lowest BCUT2D eigenvalue weighted by Crippen LogP contribution is -2.35. The number of esters is 2. The van der Waals surface area contributed by atoms with Gasteiger partial charge in [0.15, 0.2) is 11.5 Å². The number of phenolic OH excluding ortho intramolecular Hbond substituents is 1. The number of para-hydroxylation sites is 2. The average molecular weight is 521 g/mol. The zero-order valence-corrected chi connectivity index (χ0v) is 22.3. The lowest BCUT2D eigenvalue weighted by atomic mass is 10.2. The molecular weight excluding hydrogens is 484 g/mol. The molecule has 0 saturated heterocycles. The molecule has 0 bridgehead atoms. The molecule has 0 amide bonds. The molecule has 2 aromatic carbocycles. The van der Waals surface area contributed by atoms with Gasteiger partial charge in [-0.1, -0.05) is 12.1 Å². The minimum absolute atomic E-state index is 0.0457. The monoisotopic (exact) mass is 520 g/mol. The highest BCUT2D eigenvalue weighted by Crippen LogP contribution is 2.23. The van der Waals surface area contributed by atoms with E-state index in [2.05, 4.69) is 14.5 Å². The van der Waals surface area contributed by atoms with Gasteiger partial charge in [-0.05, 0) is 45.0 Å². The lowest BCUT2D eigenvalue weighted by molar-refractivity contribution is -0.365. The van der Waals surface area contributed by atoms with Crippen LogP contribution in [0.2, 0.25) is 0 Å². The number of nitrogen functional groups attached to an aromatic ring is 1. The van der Waals surface area contributed by atoms with Crippen LogP contribution in [0.1, 0.15) is 54.3 Å². The average Bonchev–Trinajstić information content (AvgIpc) is 3.26. The number of carbonyl (C=O) groups is 2. The van der Waals surface area contributed by atoms with E-state index in [0.29, 0.717) is 42.4 Å². The quantitative estimate of drug-likeness (QED) is 0.187. The van der Waals surface area contributed by atoms with E-state index in [0.717, 1.165) is 0 Å². The zero-order valence-electron chi connectivity index (χ0n) is 22.3. The van der Waals surface area contributed by atoms with Crippen LogP contribution in [0.3, 0.4) is 0 Å². The predicted molar refractivity (Wildman–Crippen MR) is 137 cm³/mol. The fourth-order valence-electron chi connectivity index (χ4n) is 3.09. The summed E-state index contributed by atoms with van der Waals surface area (Å²) in [5, 5.41) is 9.11. The van der Waals surface area contributed by atoms with Gasteiger partial charge in [0.1, 0.15) is 11.3 Å². The number of nitrogens with two attached hydrogens (primary N) is 1. The SMILES string of the molecule is CCOC(C)(OCC)OCC.COC(=O)c1cccc(O)c1N.COC(=O)c1cccc2oc(C)nc12. The Morgan fingerprint density at radius 1 is 0.919 bits per heavy atom. The number of oxazole rings is 1. The van der Waals surface area contributed by atoms with Crippen LogP contribution in [0.5, 0.6) is 5.75 Å². The highest BCUT2D eigenvalue weighted by Gasteiger charge is 2.24. The van der Waals surface area contributed by atoms with Crippen LogP contribution in [-0.2, 0) is 23.7 Å². The topological polar surface area (TPSA) is 153 Å². The molecule has 37 heavy (non-hydrogen) atoms. The first-order chi connectivity index (χ1) is 17.6. The van der Waals surface area contributed by atoms with Crippen molar-refractivity contribution in [2.75, 3.05) is 39.8 Å². The van der Waals surface area contributed by atoms with Crippen LogP contribution < -0.4 is 5.73 Å². The number of aromatic hydroxyl groups is 1. The first kappa shape index (κ1) is 31.4. The Kier molecular flexibility index (Phi) is 13.1. The number of carbonyl (C=O) groups excluding carboxylic acids is 2. The Balaban J connectivity index is 0.000000281. The molecule has 0 aliphatic carbocycles. The van der Waals surface area contributed by atoms with Gasteiger partial charge in [0.05, 0.1) is 31.0 Å². The summed E-state index contributed by atoms with van der Waals surface area (Å²) in [4.78, 5) is 26.4. The molecule has 3 rings (SSSR count). The number of anilines is 1. The summed E-state index contributed by atoms with van der Waals surface area (Å²) in [6.07, 6.45) is 0. The van der Waals surface area contributed by atoms with E-state index in [-0.39, 0.29) is 17.0 Å². The van der Waals surface area contributed by atoms with E-state index in [1.54, 1.807) is 32.0 Å². The van der Waals surface area contributed by atoms with E-state index in [1.165, 1.54) is 32.4 Å². The van der Waals surface area contributed by atoms with E-state index >= 15 is 0 Å². The normalized spacial score (nSPS) is 10.6. The van der Waals surface area contributed by atoms with Crippen LogP contribution in [0, 0.1) is 6.92 Å². The standard InChI is InChI=1S/C10H9NO3.C8H9NO3.C8H18O3/c1-6-11-9-7(10(12)13-2)4-3-5-8(9)14-6;1-12-8(11)5-3-2-4-6(10)7(5)9;1-5-9-8(4,10-6-2)11-7-3/h3-5H,1-2H3;2-4,10H,9H2,1H3;5-7H2,1-4H3. The van der Waals surface area contributed by atoms with Crippen LogP contribution in [0.15, 0.2) is 40.8 Å². The summed E-state index contributed by atoms with van der Waals surface area (Å²) in [6, 6.07) is 9.58. The fourth-order valence-corrected chi connectivity index (χ4v) is 3.09. The third-order valence-electron chi connectivity index (χ3n) is 4.64. The number of hydrogen-bond donors (Lipinski definition) is 2. The van der Waals surface area contributed by atoms with Crippen LogP contribution >= 0.6 is 0 Å². The first-order valence-electron chi connectivity index (χ1n) is 11.6. The van der Waals surface area contributed by atoms with Gasteiger partial charge >= 0.3 is 11.9 Å². The molecule has 0 aliphatic heterocycles. The van der Waals surface area contributed by atoms with Crippen LogP contribution in [-0.4, -0.2) is 62.0 Å². The highest BCUT2D eigenvalue weighted by molar-refractivity contribution is 6.01. The Morgan fingerprint density at radius 3 is 1.92 bits per heavy atom. The van der Waals surface area contributed by atoms with Gasteiger partial charge in [0.2, 0.25) is 0 Å². The maximum Gasteiger partial charge on any atom is 0.340 e. The van der Waals surface area contributed by atoms with Crippen molar-refractivity contribution in [1.29, 1.82) is 0 Å². The van der Waals surface area contributed by atoms with Crippen LogP contribution in [0.25, 0.3) is 11.1 Å². The number of methoxy groups -OCH3 is 2. The summed E-state index contributed by atoms with van der Waals surface area (Å²) in [6.45, 7) is 11.0. The number of aryl methyl sites for hydroxylation is 1. The minimum atomic E-state index is -0.849. The lowest BCUT2D eigenvalue weighted by Gasteiger charge is -2.27. The number of phenols is 1. The number of ether oxygens (including phenoxy) is 5. The number of rotatable bonds is 8. The van der Waals surface area contributed by atoms with E-state index in [1.807, 2.05) is 20.8 Å². The molecular formula is C26H36N2O9. The molecule has 1 heterocycles. The number of benzene rings is 2. The Hall–Kier alpha value is -3.67. The molecule has 204 valence electrons. The van der Waals surface area contributed by atoms with Crippen LogP contribution in [0.4, 0.5) is 5.69 Å². The van der Waals surface area contributed by atoms with Crippen molar-refractivity contribution in [3.05, 3.63) is 53.4 Å². The van der Waals surface area contributed by atoms with Crippen molar-refractivity contribution < 1.29 is 42.8 Å². The van der Waals surface area contributed by atoms with Gasteiger partial charge in [0, 0.05) is 33.7 Å². The minimum Gasteiger partial charge on any atom is -0.506 e. The molecule has 0 unspecified atom stereocenters. The molecule has 0 saturated carbocycles. The second kappa shape index (κ2) is 15.4. The predicted octanol–water partition coefficient (Wildman–Crippen LogP) is 4.45. The van der Waals surface area contributed by atoms with E-state index in [9.17, 15) is 9.59 Å². The smallest absolute Gasteiger partial charge is 0.340 e. The Labute approximate surface area is 216 Å². The van der Waals surface area contributed by atoms with Gasteiger partial charge in [-0.25, -0.2) is 14.6 Å². The number of fused-ring (bicyclic) bond motifs is 1. The summed E-state index contributed by atoms with van der Waals surface area (Å²) in [5.41, 5.74) is 7.22. The van der Waals surface area contributed by atoms with Gasteiger partial charge in [-0.2, -0.15) is 0 Å². The van der Waals surface area contributed by atoms with Gasteiger partial charge in [0.25, 0.3) is 5.97 Å². The maximum atomic E-state index is 11.3. The highest BCUT2D eigenvalue weighted by atomic mass is 16.9. The second-order valence-corrected chi connectivity index (χ2v) is 7.27. The molecule has 3 N–H and O–H groups in total. The molecule has 1 aromatic heterocycles. The summed E-state index contributed by atoms with van der Waals surface area (Å²) >= 11 is 0. The van der Waals surface area contributed by atoms with Gasteiger partial charge < -0.3 is 38.9 Å². The van der Waals surface area contributed by atoms with Crippen molar-refractivity contribution in [3.8, 4) is 5.75 Å². The zero-order chi connectivity index (χ0) is 28.0. The van der Waals surface area contributed by atoms with Gasteiger partial charge in [-0.3, -0.25) is 0 Å². The Morgan fingerprint density at radius 2 is 1.41 bits per heavy atom. The largest absolute Gasteiger partial charge is 0.506 e. The summed E-state index contributed by atoms with van der Waals surface area (Å²) in [7, 11) is 2.60. The van der Waals surface area contributed by atoms with Crippen molar-refractivity contribution >= 4 is 28.7 Å². The maximum absolute atomic E-state index is 11.3. The van der Waals surface area contributed by atoms with E-state index in [4.69, 9.17) is 29.5 Å². The molecule has 0 aliphatic rings. The molecule has 0 atom stereocenters. The number of hydrogen-bond acceptors (Lipinski definition) is 11. The van der Waals surface area contributed by atoms with Gasteiger partial charge in [-0.15, -0.1) is 0 Å². The molecule has 0 spiro atoms. The number of nitrogens with zero attached hydrogens (tertiary/aromatic N) is 1. The molecule has 11 heteroatoms. The fraction of sp³-hybridized carbons (Fsp3) is 0.423. The Bertz CT molecular complexity index is 1130. The first-order valence-corrected chi connectivity index (χ1v) is 11.6. The van der Waals surface area contributed by atoms with Crippen molar-refractivity contribution in [2.45, 2.75) is 40.6 Å². The third-order valence-corrected chi connectivity index (χ3v) is 4.64. The summed E-state index contributed by atoms with van der Waals surface area (Å²) < 4.78 is 30.2. The van der Waals surface area contributed by atoms with E-state index < -0.39 is 17.9 Å². The molecule has 3 aromatic rings. The number of aromatic nitrogens is 1. The van der Waals surface area contributed by atoms with Crippen molar-refractivity contribution in [2.24, 2.45) is 0 Å². The molecule has 11 nitrogen and oxygen atoms in total. The summed E-state index contributed by atoms with van der Waals surface area (Å²) in [5.74, 6) is -1.38.